The zero-order chi connectivity index (χ0) is 12.0. The molecule has 2 aliphatic rings. The average molecular weight is 238 g/mol. The normalized spacial score (nSPS) is 30.8. The molecule has 17 heavy (non-hydrogen) atoms. The molecular formula is C10H14N4O3. The molecule has 1 aromatic heterocycles. The molecule has 1 N–H and O–H groups in total. The molecule has 0 amide bonds. The van der Waals surface area contributed by atoms with Crippen LogP contribution in [0.15, 0.2) is 6.20 Å². The van der Waals surface area contributed by atoms with Crippen LogP contribution in [0.25, 0.3) is 0 Å². The number of hydrogen-bond donors (Lipinski definition) is 1. The minimum Gasteiger partial charge on any atom is -0.373 e. The Balaban J connectivity index is 1.79. The summed E-state index contributed by atoms with van der Waals surface area (Å²) >= 11 is 0. The molecule has 3 heterocycles. The first-order chi connectivity index (χ1) is 8.13. The number of nitrogens with zero attached hydrogens (tertiary/aromatic N) is 3. The van der Waals surface area contributed by atoms with Crippen LogP contribution < -0.4 is 5.32 Å². The summed E-state index contributed by atoms with van der Waals surface area (Å²) in [5, 5.41) is 18.1. The molecule has 0 radical (unpaired) electrons. The van der Waals surface area contributed by atoms with E-state index >= 15 is 0 Å². The first-order valence-electron chi connectivity index (χ1n) is 5.73. The highest BCUT2D eigenvalue weighted by molar-refractivity contribution is 5.55. The molecule has 0 aromatic carbocycles. The maximum atomic E-state index is 10.8. The fraction of sp³-hybridized carbons (Fsp3) is 0.700. The molecule has 0 aliphatic carbocycles. The zero-order valence-electron chi connectivity index (χ0n) is 9.50. The fourth-order valence-corrected chi connectivity index (χ4v) is 2.68. The van der Waals surface area contributed by atoms with Crippen LogP contribution in [-0.4, -0.2) is 33.0 Å². The molecule has 3 unspecified atom stereocenters. The predicted molar refractivity (Wildman–Crippen MR) is 59.8 cm³/mol. The summed E-state index contributed by atoms with van der Waals surface area (Å²) in [5.41, 5.74) is 0.0234. The van der Waals surface area contributed by atoms with Gasteiger partial charge in [0.2, 0.25) is 5.82 Å². The quantitative estimate of drug-likeness (QED) is 0.629. The Labute approximate surface area is 97.9 Å². The molecule has 1 aromatic rings. The van der Waals surface area contributed by atoms with E-state index in [1.807, 2.05) is 0 Å². The summed E-state index contributed by atoms with van der Waals surface area (Å²) in [6, 6.07) is 0.155. The van der Waals surface area contributed by atoms with Crippen LogP contribution in [0.4, 0.5) is 11.5 Å². The molecule has 7 heteroatoms. The molecule has 3 rings (SSSR count). The fourth-order valence-electron chi connectivity index (χ4n) is 2.68. The van der Waals surface area contributed by atoms with Crippen LogP contribution in [-0.2, 0) is 11.8 Å². The van der Waals surface area contributed by atoms with Crippen molar-refractivity contribution in [3.05, 3.63) is 16.3 Å². The Bertz CT molecular complexity index is 458. The van der Waals surface area contributed by atoms with Crippen molar-refractivity contribution in [1.29, 1.82) is 0 Å². The van der Waals surface area contributed by atoms with Gasteiger partial charge in [-0.05, 0) is 19.3 Å². The van der Waals surface area contributed by atoms with Gasteiger partial charge >= 0.3 is 5.69 Å². The van der Waals surface area contributed by atoms with Crippen molar-refractivity contribution in [2.45, 2.75) is 37.5 Å². The molecule has 3 atom stereocenters. The lowest BCUT2D eigenvalue weighted by atomic mass is 9.95. The van der Waals surface area contributed by atoms with E-state index in [4.69, 9.17) is 4.74 Å². The lowest BCUT2D eigenvalue weighted by Gasteiger charge is -2.19. The number of anilines is 1. The molecule has 2 fully saturated rings. The number of aryl methyl sites for hydroxylation is 1. The van der Waals surface area contributed by atoms with Crippen molar-refractivity contribution in [3.63, 3.8) is 0 Å². The van der Waals surface area contributed by atoms with Gasteiger partial charge in [-0.1, -0.05) is 0 Å². The van der Waals surface area contributed by atoms with Crippen molar-refractivity contribution in [2.75, 3.05) is 5.32 Å². The Morgan fingerprint density at radius 1 is 1.65 bits per heavy atom. The van der Waals surface area contributed by atoms with E-state index in [1.54, 1.807) is 7.05 Å². The minimum absolute atomic E-state index is 0.0234. The monoisotopic (exact) mass is 238 g/mol. The van der Waals surface area contributed by atoms with Crippen molar-refractivity contribution in [3.8, 4) is 0 Å². The highest BCUT2D eigenvalue weighted by Crippen LogP contribution is 2.36. The van der Waals surface area contributed by atoms with E-state index in [2.05, 4.69) is 10.4 Å². The Hall–Kier alpha value is -1.63. The summed E-state index contributed by atoms with van der Waals surface area (Å²) < 4.78 is 7.15. The molecule has 0 spiro atoms. The van der Waals surface area contributed by atoms with E-state index < -0.39 is 4.92 Å². The summed E-state index contributed by atoms with van der Waals surface area (Å²) in [5.74, 6) is 0.346. The van der Waals surface area contributed by atoms with E-state index in [0.29, 0.717) is 11.9 Å². The first-order valence-corrected chi connectivity index (χ1v) is 5.73. The highest BCUT2D eigenvalue weighted by atomic mass is 16.6. The molecule has 7 nitrogen and oxygen atoms in total. The Morgan fingerprint density at radius 3 is 3.06 bits per heavy atom. The maximum Gasteiger partial charge on any atom is 0.330 e. The van der Waals surface area contributed by atoms with Crippen molar-refractivity contribution in [2.24, 2.45) is 7.05 Å². The van der Waals surface area contributed by atoms with Crippen LogP contribution in [0.1, 0.15) is 19.3 Å². The third-order valence-corrected chi connectivity index (χ3v) is 3.43. The number of fused-ring (bicyclic) bond motifs is 2. The molecule has 2 aliphatic heterocycles. The second kappa shape index (κ2) is 3.69. The maximum absolute atomic E-state index is 10.8. The van der Waals surface area contributed by atoms with Gasteiger partial charge in [0, 0.05) is 7.05 Å². The van der Waals surface area contributed by atoms with Gasteiger partial charge in [0.05, 0.1) is 23.2 Å². The van der Waals surface area contributed by atoms with E-state index in [0.717, 1.165) is 19.3 Å². The van der Waals surface area contributed by atoms with E-state index in [9.17, 15) is 10.1 Å². The SMILES string of the molecule is Cn1cc([N+](=O)[O-])c(NC2CC3CCC2O3)n1. The predicted octanol–water partition coefficient (Wildman–Crippen LogP) is 1.06. The van der Waals surface area contributed by atoms with Crippen LogP contribution in [0.3, 0.4) is 0 Å². The molecular weight excluding hydrogens is 224 g/mol. The minimum atomic E-state index is -0.413. The standard InChI is InChI=1S/C10H14N4O3/c1-13-5-8(14(15)16)10(12-13)11-7-4-6-2-3-9(7)17-6/h5-7,9H,2-4H2,1H3,(H,11,12). The number of hydrogen-bond acceptors (Lipinski definition) is 5. The third-order valence-electron chi connectivity index (χ3n) is 3.43. The summed E-state index contributed by atoms with van der Waals surface area (Å²) in [6.07, 6.45) is 4.96. The number of rotatable bonds is 3. The van der Waals surface area contributed by atoms with Crippen LogP contribution in [0.5, 0.6) is 0 Å². The van der Waals surface area contributed by atoms with Gasteiger partial charge in [-0.15, -0.1) is 5.10 Å². The molecule has 2 saturated heterocycles. The summed E-state index contributed by atoms with van der Waals surface area (Å²) in [6.45, 7) is 0. The van der Waals surface area contributed by atoms with Gasteiger partial charge in [0.15, 0.2) is 0 Å². The second-order valence-corrected chi connectivity index (χ2v) is 4.65. The van der Waals surface area contributed by atoms with Crippen molar-refractivity contribution >= 4 is 11.5 Å². The molecule has 2 bridgehead atoms. The van der Waals surface area contributed by atoms with Crippen LogP contribution in [0, 0.1) is 10.1 Å². The number of aromatic nitrogens is 2. The lowest BCUT2D eigenvalue weighted by Crippen LogP contribution is -2.30. The summed E-state index contributed by atoms with van der Waals surface area (Å²) in [7, 11) is 1.68. The van der Waals surface area contributed by atoms with E-state index in [-0.39, 0.29) is 17.8 Å². The van der Waals surface area contributed by atoms with Gasteiger partial charge in [0.1, 0.15) is 6.20 Å². The zero-order valence-corrected chi connectivity index (χ0v) is 9.50. The van der Waals surface area contributed by atoms with Crippen molar-refractivity contribution in [1.82, 2.24) is 9.78 Å². The first kappa shape index (κ1) is 10.5. The van der Waals surface area contributed by atoms with Gasteiger partial charge in [-0.2, -0.15) is 0 Å². The van der Waals surface area contributed by atoms with Gasteiger partial charge in [-0.3, -0.25) is 14.8 Å². The van der Waals surface area contributed by atoms with Gasteiger partial charge < -0.3 is 10.1 Å². The van der Waals surface area contributed by atoms with Crippen LogP contribution >= 0.6 is 0 Å². The number of nitro groups is 1. The van der Waals surface area contributed by atoms with Gasteiger partial charge in [0.25, 0.3) is 0 Å². The third kappa shape index (κ3) is 1.76. The largest absolute Gasteiger partial charge is 0.373 e. The van der Waals surface area contributed by atoms with E-state index in [1.165, 1.54) is 10.9 Å². The smallest absolute Gasteiger partial charge is 0.330 e. The second-order valence-electron chi connectivity index (χ2n) is 4.65. The number of nitrogens with one attached hydrogen (secondary N) is 1. The Kier molecular flexibility index (Phi) is 2.29. The topological polar surface area (TPSA) is 82.2 Å². The molecule has 0 saturated carbocycles. The Morgan fingerprint density at radius 2 is 2.47 bits per heavy atom. The van der Waals surface area contributed by atoms with Gasteiger partial charge in [-0.25, -0.2) is 0 Å². The lowest BCUT2D eigenvalue weighted by molar-refractivity contribution is -0.384. The molecule has 92 valence electrons. The highest BCUT2D eigenvalue weighted by Gasteiger charge is 2.41. The average Bonchev–Trinajstić information content (AvgIpc) is 2.93. The summed E-state index contributed by atoms with van der Waals surface area (Å²) in [4.78, 5) is 10.4. The number of ether oxygens (including phenoxy) is 1. The van der Waals surface area contributed by atoms with Crippen molar-refractivity contribution < 1.29 is 9.66 Å². The van der Waals surface area contributed by atoms with Crippen LogP contribution in [0.2, 0.25) is 0 Å².